The molecular formula is C18H20F2N2O2S. The molecule has 1 saturated carbocycles. The van der Waals surface area contributed by atoms with Crippen molar-refractivity contribution in [2.24, 2.45) is 5.92 Å². The summed E-state index contributed by atoms with van der Waals surface area (Å²) in [5, 5.41) is 3.09. The largest absolute Gasteiger partial charge is 0.496 e. The average molecular weight is 366 g/mol. The average Bonchev–Trinajstić information content (AvgIpc) is 2.95. The van der Waals surface area contributed by atoms with Gasteiger partial charge in [-0.25, -0.2) is 13.8 Å². The van der Waals surface area contributed by atoms with E-state index < -0.39 is 17.7 Å². The summed E-state index contributed by atoms with van der Waals surface area (Å²) in [5.41, 5.74) is 3.78. The number of nitrogens with one attached hydrogen (secondary N) is 1. The number of hydrogen-bond donors (Lipinski definition) is 1. The van der Waals surface area contributed by atoms with E-state index >= 15 is 0 Å². The number of amides is 1. The topological polar surface area (TPSA) is 51.2 Å². The molecule has 1 unspecified atom stereocenters. The monoisotopic (exact) mass is 366 g/mol. The number of ether oxygens (including phenoxy) is 1. The van der Waals surface area contributed by atoms with Crippen LogP contribution in [0.25, 0.3) is 11.3 Å². The Labute approximate surface area is 149 Å². The summed E-state index contributed by atoms with van der Waals surface area (Å²) in [7, 11) is 1.63. The molecule has 3 rings (SSSR count). The molecule has 1 amide bonds. The van der Waals surface area contributed by atoms with Gasteiger partial charge in [-0.2, -0.15) is 0 Å². The highest BCUT2D eigenvalue weighted by Gasteiger charge is 2.57. The summed E-state index contributed by atoms with van der Waals surface area (Å²) in [6.45, 7) is 5.86. The molecular weight excluding hydrogens is 346 g/mol. The second kappa shape index (κ2) is 6.37. The number of nitrogens with zero attached hydrogens (tertiary/aromatic N) is 1. The van der Waals surface area contributed by atoms with Crippen LogP contribution in [-0.2, 0) is 4.79 Å². The molecule has 1 aromatic heterocycles. The van der Waals surface area contributed by atoms with Crippen molar-refractivity contribution in [2.75, 3.05) is 12.4 Å². The highest BCUT2D eigenvalue weighted by Crippen LogP contribution is 2.50. The van der Waals surface area contributed by atoms with E-state index in [1.807, 2.05) is 32.9 Å². The molecule has 7 heteroatoms. The summed E-state index contributed by atoms with van der Waals surface area (Å²) in [5.74, 6) is -3.11. The number of carbonyl (C=O) groups excluding carboxylic acids is 1. The molecule has 25 heavy (non-hydrogen) atoms. The zero-order chi connectivity index (χ0) is 18.4. The first-order valence-electron chi connectivity index (χ1n) is 8.02. The van der Waals surface area contributed by atoms with Gasteiger partial charge in [-0.3, -0.25) is 4.79 Å². The Morgan fingerprint density at radius 2 is 2.04 bits per heavy atom. The van der Waals surface area contributed by atoms with E-state index in [0.29, 0.717) is 5.13 Å². The van der Waals surface area contributed by atoms with Crippen LogP contribution >= 0.6 is 11.3 Å². The van der Waals surface area contributed by atoms with Gasteiger partial charge in [-0.1, -0.05) is 0 Å². The lowest BCUT2D eigenvalue weighted by molar-refractivity contribution is -0.117. The molecule has 0 spiro atoms. The molecule has 0 aliphatic heterocycles. The van der Waals surface area contributed by atoms with E-state index in [1.54, 1.807) is 7.11 Å². The van der Waals surface area contributed by atoms with Gasteiger partial charge in [0.05, 0.1) is 12.8 Å². The van der Waals surface area contributed by atoms with E-state index in [-0.39, 0.29) is 12.8 Å². The Balaban J connectivity index is 1.79. The maximum atomic E-state index is 12.9. The lowest BCUT2D eigenvalue weighted by Gasteiger charge is -2.10. The van der Waals surface area contributed by atoms with Crippen LogP contribution in [0, 0.1) is 26.7 Å². The van der Waals surface area contributed by atoms with E-state index in [1.165, 1.54) is 11.3 Å². The molecule has 1 aliphatic carbocycles. The maximum absolute atomic E-state index is 12.9. The molecule has 0 radical (unpaired) electrons. The molecule has 1 aliphatic rings. The molecule has 0 saturated heterocycles. The number of anilines is 1. The number of halogens is 2. The fourth-order valence-electron chi connectivity index (χ4n) is 2.85. The van der Waals surface area contributed by atoms with Crippen molar-refractivity contribution in [3.8, 4) is 17.0 Å². The summed E-state index contributed by atoms with van der Waals surface area (Å²) >= 11 is 1.35. The van der Waals surface area contributed by atoms with Crippen LogP contribution in [0.3, 0.4) is 0 Å². The highest BCUT2D eigenvalue weighted by atomic mass is 32.1. The Morgan fingerprint density at radius 1 is 1.36 bits per heavy atom. The molecule has 0 bridgehead atoms. The molecule has 2 aromatic rings. The smallest absolute Gasteiger partial charge is 0.252 e. The normalized spacial score (nSPS) is 18.1. The van der Waals surface area contributed by atoms with Crippen molar-refractivity contribution < 1.29 is 18.3 Å². The van der Waals surface area contributed by atoms with Gasteiger partial charge in [-0.05, 0) is 44.0 Å². The number of benzene rings is 1. The first kappa shape index (κ1) is 17.8. The minimum atomic E-state index is -2.68. The molecule has 4 nitrogen and oxygen atoms in total. The number of rotatable bonds is 5. The SMILES string of the molecule is COc1cc(C)c(-c2nc(NC(=O)CC3CC3(F)F)sc2C)cc1C. The molecule has 1 fully saturated rings. The van der Waals surface area contributed by atoms with Crippen LogP contribution < -0.4 is 10.1 Å². The predicted octanol–water partition coefficient (Wildman–Crippen LogP) is 4.73. The van der Waals surface area contributed by atoms with Gasteiger partial charge in [0.2, 0.25) is 5.91 Å². The molecule has 1 aromatic carbocycles. The number of aromatic nitrogens is 1. The zero-order valence-corrected chi connectivity index (χ0v) is 15.4. The van der Waals surface area contributed by atoms with Crippen molar-refractivity contribution in [1.82, 2.24) is 4.98 Å². The van der Waals surface area contributed by atoms with E-state index in [4.69, 9.17) is 4.74 Å². The number of carbonyl (C=O) groups is 1. The van der Waals surface area contributed by atoms with E-state index in [9.17, 15) is 13.6 Å². The first-order chi connectivity index (χ1) is 11.7. The second-order valence-corrected chi connectivity index (χ2v) is 7.68. The molecule has 1 atom stereocenters. The van der Waals surface area contributed by atoms with Crippen LogP contribution in [0.2, 0.25) is 0 Å². The third kappa shape index (κ3) is 3.66. The van der Waals surface area contributed by atoms with E-state index in [0.717, 1.165) is 33.0 Å². The number of alkyl halides is 2. The summed E-state index contributed by atoms with van der Waals surface area (Å²) < 4.78 is 31.2. The van der Waals surface area contributed by atoms with Crippen molar-refractivity contribution in [3.05, 3.63) is 28.1 Å². The fourth-order valence-corrected chi connectivity index (χ4v) is 3.69. The fraction of sp³-hybridized carbons (Fsp3) is 0.444. The quantitative estimate of drug-likeness (QED) is 0.832. The minimum absolute atomic E-state index is 0.165. The lowest BCUT2D eigenvalue weighted by Crippen LogP contribution is -2.13. The van der Waals surface area contributed by atoms with Gasteiger partial charge in [0.1, 0.15) is 5.75 Å². The van der Waals surface area contributed by atoms with Gasteiger partial charge in [0, 0.05) is 29.2 Å². The van der Waals surface area contributed by atoms with Gasteiger partial charge in [0.25, 0.3) is 5.92 Å². The summed E-state index contributed by atoms with van der Waals surface area (Å²) in [6.07, 6.45) is -0.367. The standard InChI is InChI=1S/C18H20F2N2O2S/c1-9-6-14(24-4)10(2)5-13(9)16-11(3)25-17(22-16)21-15(23)7-12-8-18(12,19)20/h5-6,12H,7-8H2,1-4H3,(H,21,22,23). The summed E-state index contributed by atoms with van der Waals surface area (Å²) in [4.78, 5) is 17.4. The predicted molar refractivity (Wildman–Crippen MR) is 94.6 cm³/mol. The van der Waals surface area contributed by atoms with Crippen molar-refractivity contribution in [2.45, 2.75) is 39.5 Å². The second-order valence-electron chi connectivity index (χ2n) is 6.47. The van der Waals surface area contributed by atoms with Crippen LogP contribution in [-0.4, -0.2) is 23.9 Å². The van der Waals surface area contributed by atoms with Crippen molar-refractivity contribution >= 4 is 22.4 Å². The number of aryl methyl sites for hydroxylation is 3. The number of thiazole rings is 1. The zero-order valence-electron chi connectivity index (χ0n) is 14.6. The lowest BCUT2D eigenvalue weighted by atomic mass is 10.0. The molecule has 134 valence electrons. The Morgan fingerprint density at radius 3 is 2.64 bits per heavy atom. The number of hydrogen-bond acceptors (Lipinski definition) is 4. The number of methoxy groups -OCH3 is 1. The van der Waals surface area contributed by atoms with Crippen LogP contribution in [0.1, 0.15) is 28.8 Å². The third-order valence-corrected chi connectivity index (χ3v) is 5.31. The minimum Gasteiger partial charge on any atom is -0.496 e. The van der Waals surface area contributed by atoms with Gasteiger partial charge in [-0.15, -0.1) is 11.3 Å². The van der Waals surface area contributed by atoms with Gasteiger partial charge in [0.15, 0.2) is 5.13 Å². The first-order valence-corrected chi connectivity index (χ1v) is 8.83. The van der Waals surface area contributed by atoms with E-state index in [2.05, 4.69) is 10.3 Å². The van der Waals surface area contributed by atoms with Crippen LogP contribution in [0.4, 0.5) is 13.9 Å². The Hall–Kier alpha value is -2.02. The Bertz CT molecular complexity index is 833. The third-order valence-electron chi connectivity index (χ3n) is 4.43. The molecule has 1 heterocycles. The van der Waals surface area contributed by atoms with Crippen molar-refractivity contribution in [3.63, 3.8) is 0 Å². The highest BCUT2D eigenvalue weighted by molar-refractivity contribution is 7.16. The Kier molecular flexibility index (Phi) is 4.53. The maximum Gasteiger partial charge on any atom is 0.252 e. The van der Waals surface area contributed by atoms with Gasteiger partial charge < -0.3 is 10.1 Å². The van der Waals surface area contributed by atoms with Gasteiger partial charge >= 0.3 is 0 Å². The van der Waals surface area contributed by atoms with Crippen LogP contribution in [0.15, 0.2) is 12.1 Å². The summed E-state index contributed by atoms with van der Waals surface area (Å²) in [6, 6.07) is 3.96. The van der Waals surface area contributed by atoms with Crippen molar-refractivity contribution in [1.29, 1.82) is 0 Å². The van der Waals surface area contributed by atoms with Crippen LogP contribution in [0.5, 0.6) is 5.75 Å². The molecule has 1 N–H and O–H groups in total.